The van der Waals surface area contributed by atoms with Crippen LogP contribution in [-0.2, 0) is 32.5 Å². The Bertz CT molecular complexity index is 1450. The zero-order valence-electron chi connectivity index (χ0n) is 23.6. The van der Waals surface area contributed by atoms with Crippen LogP contribution in [0.25, 0.3) is 0 Å². The average molecular weight is 580 g/mol. The van der Waals surface area contributed by atoms with E-state index >= 15 is 0 Å². The SMILES string of the molecule is C[C@@H]1CN([C@@H](C)CO)C(=O)Cc2cc(NC(=O)Cc3ccccc3)ccc2O[C@H]1CN(C)S(=O)(=O)c1ccccc1. The van der Waals surface area contributed by atoms with Crippen LogP contribution in [0.3, 0.4) is 0 Å². The number of benzene rings is 3. The van der Waals surface area contributed by atoms with Crippen molar-refractivity contribution in [2.75, 3.05) is 32.1 Å². The number of aliphatic hydroxyl groups excluding tert-OH is 1. The topological polar surface area (TPSA) is 116 Å². The molecule has 2 amide bonds. The van der Waals surface area contributed by atoms with Crippen molar-refractivity contribution in [3.63, 3.8) is 0 Å². The van der Waals surface area contributed by atoms with Gasteiger partial charge >= 0.3 is 0 Å². The normalized spacial score (nSPS) is 18.5. The van der Waals surface area contributed by atoms with Gasteiger partial charge in [-0.1, -0.05) is 55.5 Å². The van der Waals surface area contributed by atoms with Crippen molar-refractivity contribution in [3.8, 4) is 5.75 Å². The lowest BCUT2D eigenvalue weighted by atomic mass is 10.0. The molecule has 0 unspecified atom stereocenters. The first-order valence-corrected chi connectivity index (χ1v) is 15.1. The molecule has 3 aromatic carbocycles. The number of aliphatic hydroxyl groups is 1. The average Bonchev–Trinajstić information content (AvgIpc) is 3.01. The highest BCUT2D eigenvalue weighted by Crippen LogP contribution is 2.30. The fourth-order valence-electron chi connectivity index (χ4n) is 4.84. The van der Waals surface area contributed by atoms with E-state index in [1.54, 1.807) is 60.4 Å². The molecule has 1 aliphatic rings. The van der Waals surface area contributed by atoms with E-state index in [4.69, 9.17) is 4.74 Å². The number of fused-ring (bicyclic) bond motifs is 1. The summed E-state index contributed by atoms with van der Waals surface area (Å²) in [6.45, 7) is 3.78. The summed E-state index contributed by atoms with van der Waals surface area (Å²) in [6, 6.07) is 22.3. The molecule has 0 saturated carbocycles. The minimum atomic E-state index is -3.78. The highest BCUT2D eigenvalue weighted by atomic mass is 32.2. The molecule has 218 valence electrons. The van der Waals surface area contributed by atoms with E-state index in [2.05, 4.69) is 5.32 Å². The van der Waals surface area contributed by atoms with Gasteiger partial charge in [0.25, 0.3) is 0 Å². The maximum absolute atomic E-state index is 13.4. The van der Waals surface area contributed by atoms with Crippen LogP contribution < -0.4 is 10.1 Å². The first-order valence-electron chi connectivity index (χ1n) is 13.6. The van der Waals surface area contributed by atoms with Gasteiger partial charge in [0.05, 0.1) is 36.9 Å². The van der Waals surface area contributed by atoms with Gasteiger partial charge < -0.3 is 20.1 Å². The number of anilines is 1. The minimum Gasteiger partial charge on any atom is -0.488 e. The number of hydrogen-bond acceptors (Lipinski definition) is 6. The van der Waals surface area contributed by atoms with E-state index in [0.29, 0.717) is 17.0 Å². The van der Waals surface area contributed by atoms with Crippen LogP contribution in [-0.4, -0.2) is 73.4 Å². The van der Waals surface area contributed by atoms with Crippen LogP contribution >= 0.6 is 0 Å². The molecule has 0 aliphatic carbocycles. The van der Waals surface area contributed by atoms with Gasteiger partial charge in [-0.2, -0.15) is 4.31 Å². The molecule has 41 heavy (non-hydrogen) atoms. The fourth-order valence-corrected chi connectivity index (χ4v) is 6.04. The number of nitrogens with one attached hydrogen (secondary N) is 1. The third-order valence-electron chi connectivity index (χ3n) is 7.30. The van der Waals surface area contributed by atoms with Gasteiger partial charge in [-0.15, -0.1) is 0 Å². The Morgan fingerprint density at radius 1 is 1.10 bits per heavy atom. The number of amides is 2. The Balaban J connectivity index is 1.62. The molecule has 0 fully saturated rings. The smallest absolute Gasteiger partial charge is 0.242 e. The number of rotatable bonds is 9. The van der Waals surface area contributed by atoms with Crippen LogP contribution in [0.2, 0.25) is 0 Å². The van der Waals surface area contributed by atoms with Crippen LogP contribution in [0.4, 0.5) is 5.69 Å². The molecule has 4 rings (SSSR count). The summed E-state index contributed by atoms with van der Waals surface area (Å²) in [5.41, 5.74) is 1.97. The monoisotopic (exact) mass is 579 g/mol. The van der Waals surface area contributed by atoms with E-state index in [1.807, 2.05) is 37.3 Å². The molecular weight excluding hydrogens is 542 g/mol. The first kappa shape index (κ1) is 30.2. The highest BCUT2D eigenvalue weighted by Gasteiger charge is 2.33. The maximum Gasteiger partial charge on any atom is 0.242 e. The van der Waals surface area contributed by atoms with Gasteiger partial charge in [0.2, 0.25) is 21.8 Å². The number of ether oxygens (including phenoxy) is 1. The number of carbonyl (C=O) groups is 2. The number of carbonyl (C=O) groups excluding carboxylic acids is 2. The number of likely N-dealkylation sites (N-methyl/N-ethyl adjacent to an activating group) is 1. The molecule has 10 heteroatoms. The Hall–Kier alpha value is -3.73. The number of sulfonamides is 1. The molecule has 1 aliphatic heterocycles. The molecule has 0 aromatic heterocycles. The van der Waals surface area contributed by atoms with E-state index in [9.17, 15) is 23.1 Å². The Labute approximate surface area is 241 Å². The van der Waals surface area contributed by atoms with E-state index in [0.717, 1.165) is 5.56 Å². The third kappa shape index (κ3) is 7.52. The second-order valence-electron chi connectivity index (χ2n) is 10.5. The van der Waals surface area contributed by atoms with Crippen LogP contribution in [0.15, 0.2) is 83.8 Å². The Morgan fingerprint density at radius 2 is 1.76 bits per heavy atom. The van der Waals surface area contributed by atoms with Crippen molar-refractivity contribution in [2.45, 2.75) is 43.7 Å². The van der Waals surface area contributed by atoms with Gasteiger partial charge in [-0.05, 0) is 42.8 Å². The molecule has 2 N–H and O–H groups in total. The number of nitrogens with zero attached hydrogens (tertiary/aromatic N) is 2. The largest absolute Gasteiger partial charge is 0.488 e. The van der Waals surface area contributed by atoms with Crippen LogP contribution in [0.1, 0.15) is 25.0 Å². The van der Waals surface area contributed by atoms with Crippen molar-refractivity contribution < 1.29 is 27.9 Å². The molecule has 1 heterocycles. The predicted octanol–water partition coefficient (Wildman–Crippen LogP) is 3.34. The second kappa shape index (κ2) is 13.3. The lowest BCUT2D eigenvalue weighted by molar-refractivity contribution is -0.134. The molecule has 3 atom stereocenters. The summed E-state index contributed by atoms with van der Waals surface area (Å²) in [5, 5.41) is 12.8. The van der Waals surface area contributed by atoms with Gasteiger partial charge in [0.1, 0.15) is 11.9 Å². The van der Waals surface area contributed by atoms with E-state index < -0.39 is 22.2 Å². The van der Waals surface area contributed by atoms with Crippen LogP contribution in [0.5, 0.6) is 5.75 Å². The summed E-state index contributed by atoms with van der Waals surface area (Å²) < 4.78 is 34.2. The summed E-state index contributed by atoms with van der Waals surface area (Å²) in [7, 11) is -2.26. The molecular formula is C31H37N3O6S. The Kier molecular flexibility index (Phi) is 9.80. The van der Waals surface area contributed by atoms with Gasteiger partial charge in [0.15, 0.2) is 0 Å². The minimum absolute atomic E-state index is 0.000335. The van der Waals surface area contributed by atoms with Gasteiger partial charge in [-0.3, -0.25) is 9.59 Å². The summed E-state index contributed by atoms with van der Waals surface area (Å²) in [5.74, 6) is -0.207. The van der Waals surface area contributed by atoms with Crippen molar-refractivity contribution in [3.05, 3.63) is 90.0 Å². The third-order valence-corrected chi connectivity index (χ3v) is 9.13. The van der Waals surface area contributed by atoms with Crippen molar-refractivity contribution in [1.29, 1.82) is 0 Å². The number of hydrogen-bond donors (Lipinski definition) is 2. The maximum atomic E-state index is 13.4. The highest BCUT2D eigenvalue weighted by molar-refractivity contribution is 7.89. The predicted molar refractivity (Wildman–Crippen MR) is 157 cm³/mol. The lowest BCUT2D eigenvalue weighted by Gasteiger charge is -2.33. The first-order chi connectivity index (χ1) is 19.6. The zero-order valence-corrected chi connectivity index (χ0v) is 24.4. The van der Waals surface area contributed by atoms with E-state index in [1.165, 1.54) is 11.4 Å². The van der Waals surface area contributed by atoms with Crippen molar-refractivity contribution >= 4 is 27.5 Å². The molecule has 0 spiro atoms. The lowest BCUT2D eigenvalue weighted by Crippen LogP contribution is -2.48. The quantitative estimate of drug-likeness (QED) is 0.402. The van der Waals surface area contributed by atoms with Crippen molar-refractivity contribution in [1.82, 2.24) is 9.21 Å². The van der Waals surface area contributed by atoms with Crippen LogP contribution in [0, 0.1) is 5.92 Å². The summed E-state index contributed by atoms with van der Waals surface area (Å²) >= 11 is 0. The summed E-state index contributed by atoms with van der Waals surface area (Å²) in [6.07, 6.45) is -0.397. The molecule has 9 nitrogen and oxygen atoms in total. The zero-order chi connectivity index (χ0) is 29.6. The second-order valence-corrected chi connectivity index (χ2v) is 12.6. The van der Waals surface area contributed by atoms with E-state index in [-0.39, 0.29) is 55.2 Å². The standard InChI is InChI=1S/C31H37N3O6S/c1-22-19-34(23(2)21-35)31(37)18-25-17-26(32-30(36)16-24-10-6-4-7-11-24)14-15-28(25)40-29(22)20-33(3)41(38,39)27-12-8-5-9-13-27/h4-15,17,22-23,29,35H,16,18-21H2,1-3H3,(H,32,36)/t22-,23+,29+/m1/s1. The molecule has 0 radical (unpaired) electrons. The van der Waals surface area contributed by atoms with Crippen molar-refractivity contribution in [2.24, 2.45) is 5.92 Å². The summed E-state index contributed by atoms with van der Waals surface area (Å²) in [4.78, 5) is 27.9. The molecule has 3 aromatic rings. The van der Waals surface area contributed by atoms with Gasteiger partial charge in [0, 0.05) is 30.8 Å². The fraction of sp³-hybridized carbons (Fsp3) is 0.355. The Morgan fingerprint density at radius 3 is 2.41 bits per heavy atom. The molecule has 0 saturated heterocycles. The van der Waals surface area contributed by atoms with Gasteiger partial charge in [-0.25, -0.2) is 8.42 Å². The molecule has 0 bridgehead atoms.